The molecule has 0 N–H and O–H groups in total. The second-order valence-electron chi connectivity index (χ2n) is 9.71. The standard InChI is InChI=1S/C17H22N2O.C11H14N4O4/c1-17(20-14-13-19(2)3,15-9-5-4-6-10-15)16-11-7-8-12-18-16;1-13-9-8(10(16)14(2)11(13)17)15(6-12-9)5-7-18-3-4-19-7/h4-12H,13-14H2,1-3H3;6-7H,3-5H2,1-2H3. The maximum atomic E-state index is 12.2. The van der Waals surface area contributed by atoms with Crippen molar-refractivity contribution in [1.29, 1.82) is 0 Å². The van der Waals surface area contributed by atoms with Crippen molar-refractivity contribution in [2.24, 2.45) is 14.1 Å². The molecule has 3 aromatic heterocycles. The number of ether oxygens (including phenoxy) is 3. The van der Waals surface area contributed by atoms with Crippen LogP contribution in [-0.2, 0) is 40.5 Å². The SMILES string of the molecule is CN(C)CCOC(C)(c1ccccc1)c1ccccn1.Cn1c(=O)c2c(ncn2CC2OCCO2)n(C)c1=O. The minimum absolute atomic E-state index is 0.367. The predicted molar refractivity (Wildman–Crippen MR) is 148 cm³/mol. The van der Waals surface area contributed by atoms with Crippen LogP contribution in [0.3, 0.4) is 0 Å². The maximum absolute atomic E-state index is 12.2. The summed E-state index contributed by atoms with van der Waals surface area (Å²) in [6.45, 7) is 5.11. The highest BCUT2D eigenvalue weighted by atomic mass is 16.7. The van der Waals surface area contributed by atoms with Gasteiger partial charge in [-0.15, -0.1) is 0 Å². The number of likely N-dealkylation sites (N-methyl/N-ethyl adjacent to an activating group) is 1. The van der Waals surface area contributed by atoms with E-state index >= 15 is 0 Å². The first-order valence-electron chi connectivity index (χ1n) is 12.8. The molecule has 4 heterocycles. The fourth-order valence-electron chi connectivity index (χ4n) is 4.35. The van der Waals surface area contributed by atoms with E-state index in [1.54, 1.807) is 11.6 Å². The number of imidazole rings is 1. The molecule has 1 unspecified atom stereocenters. The Labute approximate surface area is 227 Å². The number of aryl methyl sites for hydroxylation is 1. The van der Waals surface area contributed by atoms with E-state index in [0.717, 1.165) is 22.4 Å². The van der Waals surface area contributed by atoms with E-state index in [-0.39, 0.29) is 11.8 Å². The molecular formula is C28H36N6O5. The molecule has 1 aromatic carbocycles. The molecule has 0 saturated carbocycles. The molecule has 5 rings (SSSR count). The van der Waals surface area contributed by atoms with Crippen LogP contribution >= 0.6 is 0 Å². The third-order valence-electron chi connectivity index (χ3n) is 6.66. The summed E-state index contributed by atoms with van der Waals surface area (Å²) in [4.78, 5) is 34.7. The lowest BCUT2D eigenvalue weighted by Gasteiger charge is -2.30. The Morgan fingerprint density at radius 1 is 1.00 bits per heavy atom. The lowest BCUT2D eigenvalue weighted by molar-refractivity contribution is -0.0518. The lowest BCUT2D eigenvalue weighted by Crippen LogP contribution is -2.37. The number of aromatic nitrogens is 5. The van der Waals surface area contributed by atoms with Gasteiger partial charge in [-0.2, -0.15) is 0 Å². The van der Waals surface area contributed by atoms with Crippen LogP contribution < -0.4 is 11.2 Å². The molecule has 0 amide bonds. The monoisotopic (exact) mass is 536 g/mol. The fraction of sp³-hybridized carbons (Fsp3) is 0.429. The van der Waals surface area contributed by atoms with Crippen molar-refractivity contribution >= 4 is 11.2 Å². The van der Waals surface area contributed by atoms with Gasteiger partial charge in [-0.1, -0.05) is 36.4 Å². The lowest BCUT2D eigenvalue weighted by atomic mass is 9.91. The third kappa shape index (κ3) is 6.34. The zero-order valence-electron chi connectivity index (χ0n) is 23.1. The number of hydrogen-bond donors (Lipinski definition) is 0. The molecule has 4 aromatic rings. The number of fused-ring (bicyclic) bond motifs is 1. The average molecular weight is 537 g/mol. The smallest absolute Gasteiger partial charge is 0.332 e. The summed E-state index contributed by atoms with van der Waals surface area (Å²) in [5.41, 5.74) is 1.53. The van der Waals surface area contributed by atoms with Gasteiger partial charge in [-0.05, 0) is 38.7 Å². The molecule has 0 spiro atoms. The minimum Gasteiger partial charge on any atom is -0.363 e. The molecule has 0 aliphatic carbocycles. The van der Waals surface area contributed by atoms with Gasteiger partial charge >= 0.3 is 5.69 Å². The number of benzene rings is 1. The molecule has 1 fully saturated rings. The number of rotatable bonds is 8. The second-order valence-corrected chi connectivity index (χ2v) is 9.71. The van der Waals surface area contributed by atoms with Gasteiger partial charge in [0, 0.05) is 26.8 Å². The summed E-state index contributed by atoms with van der Waals surface area (Å²) in [5.74, 6) is 0. The molecular weight excluding hydrogens is 500 g/mol. The Hall–Kier alpha value is -3.64. The van der Waals surface area contributed by atoms with Crippen molar-refractivity contribution in [2.75, 3.05) is 40.5 Å². The molecule has 1 aliphatic heterocycles. The van der Waals surface area contributed by atoms with Gasteiger partial charge in [0.2, 0.25) is 0 Å². The average Bonchev–Trinajstić information content (AvgIpc) is 3.62. The van der Waals surface area contributed by atoms with Gasteiger partial charge in [-0.25, -0.2) is 9.78 Å². The summed E-state index contributed by atoms with van der Waals surface area (Å²) in [6, 6.07) is 16.2. The van der Waals surface area contributed by atoms with Crippen molar-refractivity contribution < 1.29 is 14.2 Å². The molecule has 0 radical (unpaired) electrons. The number of nitrogens with zero attached hydrogens (tertiary/aromatic N) is 6. The highest BCUT2D eigenvalue weighted by Gasteiger charge is 2.31. The van der Waals surface area contributed by atoms with E-state index in [1.807, 2.05) is 56.7 Å². The zero-order valence-corrected chi connectivity index (χ0v) is 23.1. The van der Waals surface area contributed by atoms with Gasteiger partial charge in [-0.3, -0.25) is 18.9 Å². The Bertz CT molecular complexity index is 1430. The Balaban J connectivity index is 0.000000181. The summed E-state index contributed by atoms with van der Waals surface area (Å²) >= 11 is 0. The molecule has 208 valence electrons. The first-order chi connectivity index (χ1) is 18.7. The van der Waals surface area contributed by atoms with E-state index in [0.29, 0.717) is 37.5 Å². The van der Waals surface area contributed by atoms with Crippen molar-refractivity contribution in [2.45, 2.75) is 25.4 Å². The van der Waals surface area contributed by atoms with Crippen molar-refractivity contribution in [3.05, 3.63) is 93.2 Å². The molecule has 0 bridgehead atoms. The van der Waals surface area contributed by atoms with Gasteiger partial charge in [0.25, 0.3) is 5.56 Å². The molecule has 11 nitrogen and oxygen atoms in total. The molecule has 39 heavy (non-hydrogen) atoms. The van der Waals surface area contributed by atoms with Gasteiger partial charge in [0.05, 0.1) is 38.4 Å². The largest absolute Gasteiger partial charge is 0.363 e. The van der Waals surface area contributed by atoms with Crippen molar-refractivity contribution in [1.82, 2.24) is 28.6 Å². The Morgan fingerprint density at radius 3 is 2.33 bits per heavy atom. The Kier molecular flexibility index (Phi) is 9.08. The van der Waals surface area contributed by atoms with Crippen LogP contribution in [0.2, 0.25) is 0 Å². The number of pyridine rings is 1. The fourth-order valence-corrected chi connectivity index (χ4v) is 4.35. The molecule has 1 atom stereocenters. The van der Waals surface area contributed by atoms with Crippen molar-refractivity contribution in [3.8, 4) is 0 Å². The normalized spacial score (nSPS) is 15.3. The highest BCUT2D eigenvalue weighted by Crippen LogP contribution is 2.31. The zero-order chi connectivity index (χ0) is 28.0. The first-order valence-corrected chi connectivity index (χ1v) is 12.8. The topological polar surface area (TPSA) is 106 Å². The van der Waals surface area contributed by atoms with Gasteiger partial charge in [0.1, 0.15) is 5.60 Å². The van der Waals surface area contributed by atoms with Gasteiger partial charge in [0.15, 0.2) is 17.5 Å². The van der Waals surface area contributed by atoms with Crippen LogP contribution in [0.4, 0.5) is 0 Å². The number of hydrogen-bond acceptors (Lipinski definition) is 8. The molecule has 11 heteroatoms. The predicted octanol–water partition coefficient (Wildman–Crippen LogP) is 1.73. The minimum atomic E-state index is -0.515. The van der Waals surface area contributed by atoms with Crippen LogP contribution in [0, 0.1) is 0 Å². The van der Waals surface area contributed by atoms with Crippen LogP contribution in [0.5, 0.6) is 0 Å². The van der Waals surface area contributed by atoms with Crippen LogP contribution in [0.25, 0.3) is 11.2 Å². The molecule has 1 saturated heterocycles. The molecule has 1 aliphatic rings. The summed E-state index contributed by atoms with van der Waals surface area (Å²) in [6.07, 6.45) is 2.96. The summed E-state index contributed by atoms with van der Waals surface area (Å²) < 4.78 is 21.0. The maximum Gasteiger partial charge on any atom is 0.332 e. The van der Waals surface area contributed by atoms with E-state index in [1.165, 1.54) is 17.9 Å². The summed E-state index contributed by atoms with van der Waals surface area (Å²) in [7, 11) is 7.13. The van der Waals surface area contributed by atoms with Gasteiger partial charge < -0.3 is 23.7 Å². The Morgan fingerprint density at radius 2 is 1.69 bits per heavy atom. The van der Waals surface area contributed by atoms with E-state index in [4.69, 9.17) is 14.2 Å². The van der Waals surface area contributed by atoms with Crippen LogP contribution in [0.15, 0.2) is 70.6 Å². The van der Waals surface area contributed by atoms with Crippen LogP contribution in [-0.4, -0.2) is 75.3 Å². The second kappa shape index (κ2) is 12.5. The van der Waals surface area contributed by atoms with Crippen molar-refractivity contribution in [3.63, 3.8) is 0 Å². The van der Waals surface area contributed by atoms with E-state index < -0.39 is 11.3 Å². The first kappa shape index (κ1) is 28.4. The quantitative estimate of drug-likeness (QED) is 0.335. The third-order valence-corrected chi connectivity index (χ3v) is 6.66. The van der Waals surface area contributed by atoms with E-state index in [2.05, 4.69) is 33.9 Å². The highest BCUT2D eigenvalue weighted by molar-refractivity contribution is 5.69. The van der Waals surface area contributed by atoms with E-state index in [9.17, 15) is 9.59 Å². The van der Waals surface area contributed by atoms with Crippen LogP contribution in [0.1, 0.15) is 18.2 Å². The summed E-state index contributed by atoms with van der Waals surface area (Å²) in [5, 5.41) is 0.